The Balaban J connectivity index is 1.27. The highest BCUT2D eigenvalue weighted by Gasteiger charge is 2.50. The predicted octanol–water partition coefficient (Wildman–Crippen LogP) is 5.58. The minimum Gasteiger partial charge on any atom is -0.444 e. The van der Waals surface area contributed by atoms with Gasteiger partial charge in [-0.25, -0.2) is 28.5 Å². The van der Waals surface area contributed by atoms with Crippen LogP contribution in [0.3, 0.4) is 0 Å². The van der Waals surface area contributed by atoms with Crippen molar-refractivity contribution in [3.63, 3.8) is 0 Å². The second-order valence-electron chi connectivity index (χ2n) is 11.1. The van der Waals surface area contributed by atoms with Crippen LogP contribution in [-0.4, -0.2) is 62.0 Å². The highest BCUT2D eigenvalue weighted by atomic mass is 32.2. The number of rotatable bonds is 8. The molecule has 13 heteroatoms. The van der Waals surface area contributed by atoms with E-state index < -0.39 is 32.8 Å². The van der Waals surface area contributed by atoms with E-state index in [1.54, 1.807) is 24.4 Å². The third kappa shape index (κ3) is 6.96. The van der Waals surface area contributed by atoms with Gasteiger partial charge in [0.1, 0.15) is 4.75 Å². The van der Waals surface area contributed by atoms with Crippen molar-refractivity contribution in [2.45, 2.75) is 43.1 Å². The Morgan fingerprint density at radius 3 is 2.56 bits per heavy atom. The average Bonchev–Trinajstić information content (AvgIpc) is 3.76. The summed E-state index contributed by atoms with van der Waals surface area (Å²) in [5, 5.41) is 2.84. The van der Waals surface area contributed by atoms with Gasteiger partial charge >= 0.3 is 6.03 Å². The van der Waals surface area contributed by atoms with E-state index in [0.29, 0.717) is 29.4 Å². The summed E-state index contributed by atoms with van der Waals surface area (Å²) in [4.78, 5) is 38.9. The lowest BCUT2D eigenvalue weighted by Crippen LogP contribution is -2.43. The van der Waals surface area contributed by atoms with Crippen LogP contribution in [0.2, 0.25) is 0 Å². The zero-order chi connectivity index (χ0) is 31.3. The van der Waals surface area contributed by atoms with Gasteiger partial charge in [-0.1, -0.05) is 42.5 Å². The number of nitrogens with one attached hydrogen (secondary N) is 2. The number of anilines is 1. The lowest BCUT2D eigenvalue weighted by Gasteiger charge is -2.31. The van der Waals surface area contributed by atoms with Crippen LogP contribution in [0.25, 0.3) is 21.8 Å². The van der Waals surface area contributed by atoms with Crippen molar-refractivity contribution in [3.05, 3.63) is 84.2 Å². The zero-order valence-electron chi connectivity index (χ0n) is 24.5. The molecular weight excluding hydrogens is 617 g/mol. The maximum atomic E-state index is 14.2. The maximum Gasteiger partial charge on any atom is 0.321 e. The Bertz CT molecular complexity index is 1700. The molecule has 236 valence electrons. The summed E-state index contributed by atoms with van der Waals surface area (Å²) < 4.78 is 37.8. The fourth-order valence-electron chi connectivity index (χ4n) is 5.62. The molecule has 45 heavy (non-hydrogen) atoms. The van der Waals surface area contributed by atoms with Crippen LogP contribution in [0.5, 0.6) is 0 Å². The SMILES string of the molecule is O=C(CC1(c2ccc(-c3ccc(-c4cnco4)cc3)s2)CCN(C(=O)Nc2ccccc2)CCS1(=O)=O)NOC1CCCCO1. The number of amides is 3. The summed E-state index contributed by atoms with van der Waals surface area (Å²) in [7, 11) is -3.94. The summed E-state index contributed by atoms with van der Waals surface area (Å²) in [5.41, 5.74) is 4.81. The molecule has 2 aromatic carbocycles. The molecule has 2 unspecified atom stereocenters. The Kier molecular flexibility index (Phi) is 9.31. The maximum absolute atomic E-state index is 14.2. The third-order valence-electron chi connectivity index (χ3n) is 8.15. The van der Waals surface area contributed by atoms with Gasteiger partial charge < -0.3 is 19.4 Å². The lowest BCUT2D eigenvalue weighted by atomic mass is 9.97. The summed E-state index contributed by atoms with van der Waals surface area (Å²) in [6.07, 6.45) is 4.59. The number of hydrogen-bond donors (Lipinski definition) is 2. The zero-order valence-corrected chi connectivity index (χ0v) is 26.1. The Labute approximate surface area is 265 Å². The molecule has 4 heterocycles. The van der Waals surface area contributed by atoms with Crippen molar-refractivity contribution < 1.29 is 32.0 Å². The molecule has 3 amide bonds. The molecule has 6 rings (SSSR count). The fourth-order valence-corrected chi connectivity index (χ4v) is 9.23. The number of hydroxylamine groups is 1. The van der Waals surface area contributed by atoms with Gasteiger partial charge in [0.15, 0.2) is 28.3 Å². The number of benzene rings is 2. The molecule has 2 aliphatic rings. The summed E-state index contributed by atoms with van der Waals surface area (Å²) in [6.45, 7) is 0.673. The molecule has 0 bridgehead atoms. The van der Waals surface area contributed by atoms with Crippen LogP contribution in [0, 0.1) is 0 Å². The number of carbonyl (C=O) groups excluding carboxylic acids is 2. The second kappa shape index (κ2) is 13.5. The number of ether oxygens (including phenoxy) is 1. The van der Waals surface area contributed by atoms with Crippen molar-refractivity contribution in [1.29, 1.82) is 0 Å². The first-order valence-electron chi connectivity index (χ1n) is 14.8. The van der Waals surface area contributed by atoms with Crippen molar-refractivity contribution in [1.82, 2.24) is 15.4 Å². The van der Waals surface area contributed by atoms with E-state index in [2.05, 4.69) is 15.8 Å². The highest BCUT2D eigenvalue weighted by Crippen LogP contribution is 2.45. The van der Waals surface area contributed by atoms with Gasteiger partial charge in [0.25, 0.3) is 0 Å². The number of aromatic nitrogens is 1. The first kappa shape index (κ1) is 31.0. The number of thiophene rings is 1. The Morgan fingerprint density at radius 2 is 1.82 bits per heavy atom. The van der Waals surface area contributed by atoms with Gasteiger partial charge in [-0.2, -0.15) is 0 Å². The van der Waals surface area contributed by atoms with Gasteiger partial charge in [-0.15, -0.1) is 11.3 Å². The van der Waals surface area contributed by atoms with E-state index >= 15 is 0 Å². The Morgan fingerprint density at radius 1 is 1.02 bits per heavy atom. The molecule has 2 atom stereocenters. The summed E-state index contributed by atoms with van der Waals surface area (Å²) >= 11 is 1.33. The number of oxazole rings is 1. The number of sulfone groups is 1. The lowest BCUT2D eigenvalue weighted by molar-refractivity contribution is -0.200. The molecule has 4 aromatic rings. The van der Waals surface area contributed by atoms with Crippen LogP contribution in [0.15, 0.2) is 83.7 Å². The van der Waals surface area contributed by atoms with E-state index in [9.17, 15) is 18.0 Å². The standard InChI is InChI=1S/C32H34N4O7S2/c37-29(35-43-30-8-4-5-18-41-30)20-32(15-16-36(17-19-45(32,39)40)31(38)34-25-6-2-1-3-7-25)28-14-13-27(44-28)24-11-9-23(10-12-24)26-21-33-22-42-26/h1-3,6-7,9-14,21-22,30H,4-5,8,15-20H2,(H,34,38)(H,35,37). The van der Waals surface area contributed by atoms with Crippen molar-refractivity contribution >= 4 is 38.8 Å². The van der Waals surface area contributed by atoms with Crippen LogP contribution in [-0.2, 0) is 29.0 Å². The molecule has 11 nitrogen and oxygen atoms in total. The van der Waals surface area contributed by atoms with Crippen molar-refractivity contribution in [2.24, 2.45) is 0 Å². The topological polar surface area (TPSA) is 140 Å². The van der Waals surface area contributed by atoms with Gasteiger partial charge in [0, 0.05) is 47.1 Å². The average molecular weight is 651 g/mol. The summed E-state index contributed by atoms with van der Waals surface area (Å²) in [5.74, 6) is -0.222. The van der Waals surface area contributed by atoms with Crippen LogP contribution in [0.4, 0.5) is 10.5 Å². The van der Waals surface area contributed by atoms with Gasteiger partial charge in [-0.05, 0) is 49.1 Å². The number of para-hydroxylation sites is 1. The quantitative estimate of drug-likeness (QED) is 0.236. The Hall–Kier alpha value is -4.04. The van der Waals surface area contributed by atoms with Crippen LogP contribution >= 0.6 is 11.3 Å². The minimum absolute atomic E-state index is 0.00187. The van der Waals surface area contributed by atoms with E-state index in [4.69, 9.17) is 14.0 Å². The molecule has 0 aliphatic carbocycles. The van der Waals surface area contributed by atoms with Gasteiger partial charge in [0.2, 0.25) is 5.91 Å². The largest absolute Gasteiger partial charge is 0.444 e. The van der Waals surface area contributed by atoms with Crippen LogP contribution < -0.4 is 10.8 Å². The van der Waals surface area contributed by atoms with Crippen molar-refractivity contribution in [2.75, 3.05) is 30.8 Å². The fraction of sp³-hybridized carbons (Fsp3) is 0.344. The first-order valence-corrected chi connectivity index (χ1v) is 17.3. The molecule has 0 spiro atoms. The molecule has 2 aromatic heterocycles. The van der Waals surface area contributed by atoms with Gasteiger partial charge in [0.05, 0.1) is 18.4 Å². The van der Waals surface area contributed by atoms with Crippen molar-refractivity contribution in [3.8, 4) is 21.8 Å². The minimum atomic E-state index is -3.94. The monoisotopic (exact) mass is 650 g/mol. The molecular formula is C32H34N4O7S2. The molecule has 2 saturated heterocycles. The predicted molar refractivity (Wildman–Crippen MR) is 170 cm³/mol. The van der Waals surface area contributed by atoms with E-state index in [0.717, 1.165) is 28.8 Å². The van der Waals surface area contributed by atoms with Crippen LogP contribution in [0.1, 0.15) is 37.0 Å². The summed E-state index contributed by atoms with van der Waals surface area (Å²) in [6, 6.07) is 19.9. The number of urea groups is 1. The molecule has 2 aliphatic heterocycles. The number of nitrogens with zero attached hydrogens (tertiary/aromatic N) is 2. The molecule has 2 N–H and O–H groups in total. The first-order chi connectivity index (χ1) is 21.8. The normalized spacial score (nSPS) is 21.5. The molecule has 0 saturated carbocycles. The van der Waals surface area contributed by atoms with E-state index in [1.165, 1.54) is 22.6 Å². The smallest absolute Gasteiger partial charge is 0.321 e. The second-order valence-corrected chi connectivity index (χ2v) is 14.6. The van der Waals surface area contributed by atoms with E-state index in [1.807, 2.05) is 48.5 Å². The van der Waals surface area contributed by atoms with E-state index in [-0.39, 0.29) is 31.7 Å². The highest BCUT2D eigenvalue weighted by molar-refractivity contribution is 7.92. The number of carbonyl (C=O) groups is 2. The molecule has 2 fully saturated rings. The number of hydrogen-bond acceptors (Lipinski definition) is 9. The third-order valence-corrected chi connectivity index (χ3v) is 12.1. The van der Waals surface area contributed by atoms with Gasteiger partial charge in [-0.3, -0.25) is 4.79 Å². The molecule has 0 radical (unpaired) electrons.